The SMILES string of the molecule is CC(C)(C)C1OC(C(C)(C)C)C(O)C1=C(F)F. The number of rotatable bonds is 0. The second-order valence-corrected chi connectivity index (χ2v) is 6.83. The molecule has 0 radical (unpaired) electrons. The Labute approximate surface area is 102 Å². The molecule has 2 nitrogen and oxygen atoms in total. The summed E-state index contributed by atoms with van der Waals surface area (Å²) < 4.78 is 31.6. The molecule has 0 spiro atoms. The van der Waals surface area contributed by atoms with Gasteiger partial charge in [0, 0.05) is 0 Å². The van der Waals surface area contributed by atoms with Crippen LogP contribution >= 0.6 is 0 Å². The zero-order valence-corrected chi connectivity index (χ0v) is 11.3. The van der Waals surface area contributed by atoms with Gasteiger partial charge < -0.3 is 9.84 Å². The van der Waals surface area contributed by atoms with Gasteiger partial charge in [0.25, 0.3) is 6.08 Å². The molecule has 1 fully saturated rings. The fraction of sp³-hybridized carbons (Fsp3) is 0.846. The van der Waals surface area contributed by atoms with E-state index in [4.69, 9.17) is 4.74 Å². The average Bonchev–Trinajstić information content (AvgIpc) is 2.40. The van der Waals surface area contributed by atoms with Crippen molar-refractivity contribution in [2.75, 3.05) is 0 Å². The molecular formula is C13H22F2O2. The lowest BCUT2D eigenvalue weighted by atomic mass is 9.81. The van der Waals surface area contributed by atoms with E-state index in [-0.39, 0.29) is 11.0 Å². The maximum atomic E-state index is 13.0. The van der Waals surface area contributed by atoms with Crippen LogP contribution < -0.4 is 0 Å². The van der Waals surface area contributed by atoms with Gasteiger partial charge in [-0.15, -0.1) is 0 Å². The molecule has 0 aromatic heterocycles. The summed E-state index contributed by atoms with van der Waals surface area (Å²) in [4.78, 5) is 0. The van der Waals surface area contributed by atoms with E-state index in [1.165, 1.54) is 0 Å². The van der Waals surface area contributed by atoms with Gasteiger partial charge >= 0.3 is 0 Å². The molecule has 0 aliphatic carbocycles. The van der Waals surface area contributed by atoms with Crippen molar-refractivity contribution in [1.29, 1.82) is 0 Å². The highest BCUT2D eigenvalue weighted by Crippen LogP contribution is 2.44. The van der Waals surface area contributed by atoms with Gasteiger partial charge in [0.15, 0.2) is 0 Å². The standard InChI is InChI=1S/C13H22F2O2/c1-12(2,3)9-7(11(14)15)8(16)10(17-9)13(4,5)6/h8-10,16H,1-6H3. The predicted molar refractivity (Wildman–Crippen MR) is 62.8 cm³/mol. The maximum Gasteiger partial charge on any atom is 0.274 e. The van der Waals surface area contributed by atoms with Crippen molar-refractivity contribution in [3.05, 3.63) is 11.7 Å². The molecule has 0 bridgehead atoms. The molecule has 1 saturated heterocycles. The lowest BCUT2D eigenvalue weighted by Crippen LogP contribution is -2.35. The van der Waals surface area contributed by atoms with Crippen molar-refractivity contribution in [2.45, 2.75) is 59.9 Å². The van der Waals surface area contributed by atoms with E-state index in [1.54, 1.807) is 0 Å². The van der Waals surface area contributed by atoms with E-state index in [0.29, 0.717) is 0 Å². The lowest BCUT2D eigenvalue weighted by Gasteiger charge is -2.31. The molecule has 3 unspecified atom stereocenters. The van der Waals surface area contributed by atoms with Crippen molar-refractivity contribution in [3.63, 3.8) is 0 Å². The first-order chi connectivity index (χ1) is 7.46. The Morgan fingerprint density at radius 2 is 1.53 bits per heavy atom. The fourth-order valence-corrected chi connectivity index (χ4v) is 2.17. The summed E-state index contributed by atoms with van der Waals surface area (Å²) >= 11 is 0. The molecule has 4 heteroatoms. The Morgan fingerprint density at radius 3 is 1.76 bits per heavy atom. The first kappa shape index (κ1) is 14.6. The number of hydrogen-bond acceptors (Lipinski definition) is 2. The van der Waals surface area contributed by atoms with Crippen LogP contribution in [0.1, 0.15) is 41.5 Å². The number of halogens is 2. The van der Waals surface area contributed by atoms with Crippen LogP contribution in [-0.4, -0.2) is 23.4 Å². The topological polar surface area (TPSA) is 29.5 Å². The second-order valence-electron chi connectivity index (χ2n) is 6.83. The van der Waals surface area contributed by atoms with Crippen molar-refractivity contribution >= 4 is 0 Å². The molecule has 100 valence electrons. The molecule has 0 aromatic rings. The maximum absolute atomic E-state index is 13.0. The Bertz CT molecular complexity index is 319. The van der Waals surface area contributed by atoms with Crippen LogP contribution in [0.15, 0.2) is 11.7 Å². The van der Waals surface area contributed by atoms with Crippen LogP contribution in [-0.2, 0) is 4.74 Å². The smallest absolute Gasteiger partial charge is 0.274 e. The van der Waals surface area contributed by atoms with Gasteiger partial charge in [-0.1, -0.05) is 41.5 Å². The highest BCUT2D eigenvalue weighted by molar-refractivity contribution is 5.24. The van der Waals surface area contributed by atoms with Crippen LogP contribution in [0.5, 0.6) is 0 Å². The van der Waals surface area contributed by atoms with E-state index in [1.807, 2.05) is 41.5 Å². The molecule has 1 heterocycles. The zero-order valence-electron chi connectivity index (χ0n) is 11.3. The molecule has 0 amide bonds. The predicted octanol–water partition coefficient (Wildman–Crippen LogP) is 3.36. The van der Waals surface area contributed by atoms with E-state index in [2.05, 4.69) is 0 Å². The van der Waals surface area contributed by atoms with Gasteiger partial charge in [-0.05, 0) is 10.8 Å². The molecule has 3 atom stereocenters. The molecular weight excluding hydrogens is 226 g/mol. The van der Waals surface area contributed by atoms with Gasteiger partial charge in [0.05, 0.1) is 17.8 Å². The minimum atomic E-state index is -1.82. The summed E-state index contributed by atoms with van der Waals surface area (Å²) in [5.74, 6) is 0. The van der Waals surface area contributed by atoms with Crippen molar-refractivity contribution in [3.8, 4) is 0 Å². The van der Waals surface area contributed by atoms with Gasteiger partial charge in [-0.2, -0.15) is 8.78 Å². The molecule has 1 aliphatic heterocycles. The quantitative estimate of drug-likeness (QED) is 0.712. The van der Waals surface area contributed by atoms with Crippen LogP contribution in [0.2, 0.25) is 0 Å². The van der Waals surface area contributed by atoms with Crippen LogP contribution in [0, 0.1) is 10.8 Å². The van der Waals surface area contributed by atoms with Gasteiger partial charge in [0.2, 0.25) is 0 Å². The van der Waals surface area contributed by atoms with Crippen LogP contribution in [0.25, 0.3) is 0 Å². The first-order valence-corrected chi connectivity index (χ1v) is 5.85. The van der Waals surface area contributed by atoms with E-state index in [0.717, 1.165) is 0 Å². The van der Waals surface area contributed by atoms with E-state index in [9.17, 15) is 13.9 Å². The summed E-state index contributed by atoms with van der Waals surface area (Å²) in [6.07, 6.45) is -4.36. The second kappa shape index (κ2) is 4.32. The van der Waals surface area contributed by atoms with Gasteiger partial charge in [0.1, 0.15) is 6.10 Å². The fourth-order valence-electron chi connectivity index (χ4n) is 2.17. The third-order valence-corrected chi connectivity index (χ3v) is 3.03. The van der Waals surface area contributed by atoms with Crippen molar-refractivity contribution in [2.24, 2.45) is 10.8 Å². The molecule has 1 rings (SSSR count). The first-order valence-electron chi connectivity index (χ1n) is 5.85. The Morgan fingerprint density at radius 1 is 1.06 bits per heavy atom. The van der Waals surface area contributed by atoms with Crippen molar-refractivity contribution < 1.29 is 18.6 Å². The van der Waals surface area contributed by atoms with Gasteiger partial charge in [-0.25, -0.2) is 0 Å². The summed E-state index contributed by atoms with van der Waals surface area (Å²) in [6.45, 7) is 11.1. The zero-order chi connectivity index (χ0) is 13.6. The van der Waals surface area contributed by atoms with Crippen molar-refractivity contribution in [1.82, 2.24) is 0 Å². The number of ether oxygens (including phenoxy) is 1. The highest BCUT2D eigenvalue weighted by atomic mass is 19.3. The summed E-state index contributed by atoms with van der Waals surface area (Å²) in [5, 5.41) is 10.0. The lowest BCUT2D eigenvalue weighted by molar-refractivity contribution is -0.0771. The summed E-state index contributed by atoms with van der Waals surface area (Å²) in [7, 11) is 0. The normalized spacial score (nSPS) is 30.9. The Hall–Kier alpha value is -0.480. The van der Waals surface area contributed by atoms with Crippen LogP contribution in [0.4, 0.5) is 8.78 Å². The molecule has 0 saturated carbocycles. The monoisotopic (exact) mass is 248 g/mol. The van der Waals surface area contributed by atoms with E-state index >= 15 is 0 Å². The molecule has 1 N–H and O–H groups in total. The molecule has 17 heavy (non-hydrogen) atoms. The number of hydrogen-bond donors (Lipinski definition) is 1. The number of aliphatic hydroxyl groups is 1. The Balaban J connectivity index is 3.16. The minimum Gasteiger partial charge on any atom is -0.386 e. The minimum absolute atomic E-state index is 0.252. The average molecular weight is 248 g/mol. The Kier molecular flexibility index (Phi) is 3.71. The van der Waals surface area contributed by atoms with Crippen LogP contribution in [0.3, 0.4) is 0 Å². The third-order valence-electron chi connectivity index (χ3n) is 3.03. The highest BCUT2D eigenvalue weighted by Gasteiger charge is 2.50. The van der Waals surface area contributed by atoms with Gasteiger partial charge in [-0.3, -0.25) is 0 Å². The third kappa shape index (κ3) is 2.86. The molecule has 1 aliphatic rings. The summed E-state index contributed by atoms with van der Waals surface area (Å²) in [5.41, 5.74) is -1.09. The largest absolute Gasteiger partial charge is 0.386 e. The van der Waals surface area contributed by atoms with E-state index < -0.39 is 29.8 Å². The number of aliphatic hydroxyl groups excluding tert-OH is 1. The molecule has 0 aromatic carbocycles. The summed E-state index contributed by atoms with van der Waals surface area (Å²) in [6, 6.07) is 0.